The van der Waals surface area contributed by atoms with Gasteiger partial charge in [-0.25, -0.2) is 4.98 Å². The molecule has 8 nitrogen and oxygen atoms in total. The number of aliphatic hydroxyl groups is 1. The first-order valence-electron chi connectivity index (χ1n) is 12.0. The van der Waals surface area contributed by atoms with Crippen molar-refractivity contribution in [2.45, 2.75) is 19.5 Å². The summed E-state index contributed by atoms with van der Waals surface area (Å²) in [6.07, 6.45) is 6.89. The van der Waals surface area contributed by atoms with E-state index in [1.807, 2.05) is 84.6 Å². The highest BCUT2D eigenvalue weighted by atomic mass is 16.3. The Morgan fingerprint density at radius 1 is 1.05 bits per heavy atom. The lowest BCUT2D eigenvalue weighted by Gasteiger charge is -2.21. The molecule has 0 aliphatic carbocycles. The predicted octanol–water partition coefficient (Wildman–Crippen LogP) is 4.97. The first kappa shape index (κ1) is 24.0. The van der Waals surface area contributed by atoms with Crippen molar-refractivity contribution in [1.82, 2.24) is 19.9 Å². The quantitative estimate of drug-likeness (QED) is 0.301. The van der Waals surface area contributed by atoms with Crippen molar-refractivity contribution < 1.29 is 14.3 Å². The first-order valence-corrected chi connectivity index (χ1v) is 12.0. The minimum Gasteiger partial charge on any atom is -0.448 e. The Bertz CT molecular complexity index is 1450. The predicted molar refractivity (Wildman–Crippen MR) is 141 cm³/mol. The van der Waals surface area contributed by atoms with Crippen LogP contribution < -0.4 is 10.2 Å². The van der Waals surface area contributed by atoms with Gasteiger partial charge in [0.2, 0.25) is 11.8 Å². The zero-order valence-electron chi connectivity index (χ0n) is 20.4. The maximum Gasteiger partial charge on any atom is 0.253 e. The minimum absolute atomic E-state index is 0.200. The van der Waals surface area contributed by atoms with Gasteiger partial charge in [-0.1, -0.05) is 60.7 Å². The molecule has 0 spiro atoms. The van der Waals surface area contributed by atoms with Crippen molar-refractivity contribution in [3.05, 3.63) is 126 Å². The largest absolute Gasteiger partial charge is 0.448 e. The number of amides is 1. The lowest BCUT2D eigenvalue weighted by molar-refractivity contribution is 0.0916. The fourth-order valence-electron chi connectivity index (χ4n) is 4.08. The van der Waals surface area contributed by atoms with Crippen LogP contribution in [0, 0.1) is 6.92 Å². The zero-order valence-corrected chi connectivity index (χ0v) is 20.4. The summed E-state index contributed by atoms with van der Waals surface area (Å²) >= 11 is 0. The van der Waals surface area contributed by atoms with Crippen LogP contribution in [0.25, 0.3) is 5.82 Å². The number of aryl methyl sites for hydroxylation is 1. The molecule has 186 valence electrons. The standard InChI is InChI=1S/C29H27N5O3/c1-21-17-30-29(34(26-13-8-16-37-26)18-22-9-4-2-5-10-22)32-27(21)33-15-14-24(19-33)28(36)31-25(20-35)23-11-6-3-7-12-23/h2-17,19,25,35H,18,20H2,1H3,(H,31,36). The van der Waals surface area contributed by atoms with Crippen molar-refractivity contribution in [2.24, 2.45) is 0 Å². The molecule has 0 bridgehead atoms. The average molecular weight is 494 g/mol. The fourth-order valence-corrected chi connectivity index (χ4v) is 4.08. The lowest BCUT2D eigenvalue weighted by Crippen LogP contribution is -2.30. The maximum absolute atomic E-state index is 13.0. The maximum atomic E-state index is 13.0. The SMILES string of the molecule is Cc1cnc(N(Cc2ccccc2)c2ccco2)nc1-n1ccc(C(=O)NC(CO)c2ccccc2)c1. The van der Waals surface area contributed by atoms with Crippen molar-refractivity contribution >= 4 is 17.7 Å². The topological polar surface area (TPSA) is 96.4 Å². The van der Waals surface area contributed by atoms with Crippen LogP contribution in [0.15, 0.2) is 108 Å². The number of benzene rings is 2. The Morgan fingerprint density at radius 2 is 1.81 bits per heavy atom. The van der Waals surface area contributed by atoms with E-state index >= 15 is 0 Å². The molecule has 0 saturated carbocycles. The Hall–Kier alpha value is -4.69. The number of carbonyl (C=O) groups excluding carboxylic acids is 1. The molecule has 8 heteroatoms. The number of anilines is 2. The van der Waals surface area contributed by atoms with Gasteiger partial charge in [0.15, 0.2) is 0 Å². The molecule has 0 radical (unpaired) electrons. The van der Waals surface area contributed by atoms with Crippen molar-refractivity contribution in [2.75, 3.05) is 11.5 Å². The van der Waals surface area contributed by atoms with E-state index in [4.69, 9.17) is 9.40 Å². The van der Waals surface area contributed by atoms with E-state index < -0.39 is 6.04 Å². The molecule has 37 heavy (non-hydrogen) atoms. The third-order valence-corrected chi connectivity index (χ3v) is 6.02. The van der Waals surface area contributed by atoms with Crippen molar-refractivity contribution in [1.29, 1.82) is 0 Å². The Morgan fingerprint density at radius 3 is 2.51 bits per heavy atom. The molecular formula is C29H27N5O3. The highest BCUT2D eigenvalue weighted by Crippen LogP contribution is 2.27. The second-order valence-corrected chi connectivity index (χ2v) is 8.63. The number of hydrogen-bond acceptors (Lipinski definition) is 6. The average Bonchev–Trinajstić information content (AvgIpc) is 3.65. The lowest BCUT2D eigenvalue weighted by atomic mass is 10.1. The number of furan rings is 1. The second-order valence-electron chi connectivity index (χ2n) is 8.63. The van der Waals surface area contributed by atoms with Crippen LogP contribution in [-0.2, 0) is 6.54 Å². The Balaban J connectivity index is 1.41. The number of rotatable bonds is 9. The summed E-state index contributed by atoms with van der Waals surface area (Å²) < 4.78 is 7.48. The molecule has 0 aliphatic heterocycles. The first-order chi connectivity index (χ1) is 18.1. The van der Waals surface area contributed by atoms with Gasteiger partial charge in [-0.15, -0.1) is 0 Å². The molecule has 0 fully saturated rings. The van der Waals surface area contributed by atoms with Gasteiger partial charge in [-0.2, -0.15) is 4.98 Å². The Kier molecular flexibility index (Phi) is 7.09. The van der Waals surface area contributed by atoms with Gasteiger partial charge < -0.3 is 19.4 Å². The molecule has 2 N–H and O–H groups in total. The number of nitrogens with one attached hydrogen (secondary N) is 1. The monoisotopic (exact) mass is 493 g/mol. The van der Waals surface area contributed by atoms with Crippen LogP contribution in [-0.4, -0.2) is 32.2 Å². The summed E-state index contributed by atoms with van der Waals surface area (Å²) in [6, 6.07) is 24.3. The number of aliphatic hydroxyl groups excluding tert-OH is 1. The highest BCUT2D eigenvalue weighted by molar-refractivity contribution is 5.94. The molecule has 1 unspecified atom stereocenters. The Labute approximate surface area is 214 Å². The minimum atomic E-state index is -0.496. The van der Waals surface area contributed by atoms with Gasteiger partial charge in [0.05, 0.1) is 31.0 Å². The summed E-state index contributed by atoms with van der Waals surface area (Å²) in [4.78, 5) is 24.3. The summed E-state index contributed by atoms with van der Waals surface area (Å²) in [5.41, 5.74) is 3.23. The highest BCUT2D eigenvalue weighted by Gasteiger charge is 2.19. The van der Waals surface area contributed by atoms with Crippen LogP contribution in [0.3, 0.4) is 0 Å². The fraction of sp³-hybridized carbons (Fsp3) is 0.138. The number of nitrogens with zero attached hydrogens (tertiary/aromatic N) is 4. The van der Waals surface area contributed by atoms with Crippen molar-refractivity contribution in [3.8, 4) is 5.82 Å². The number of aromatic nitrogens is 3. The van der Waals surface area contributed by atoms with E-state index in [1.54, 1.807) is 35.5 Å². The number of carbonyl (C=O) groups is 1. The molecule has 2 aromatic carbocycles. The van der Waals surface area contributed by atoms with E-state index in [2.05, 4.69) is 10.3 Å². The van der Waals surface area contributed by atoms with Crippen LogP contribution in [0.4, 0.5) is 11.8 Å². The van der Waals surface area contributed by atoms with Gasteiger partial charge in [-0.3, -0.25) is 9.69 Å². The molecule has 3 aromatic heterocycles. The van der Waals surface area contributed by atoms with Crippen LogP contribution in [0.1, 0.15) is 33.1 Å². The third kappa shape index (κ3) is 5.44. The van der Waals surface area contributed by atoms with Gasteiger partial charge in [0.25, 0.3) is 5.91 Å². The summed E-state index contributed by atoms with van der Waals surface area (Å²) in [5.74, 6) is 1.47. The molecule has 1 atom stereocenters. The molecular weight excluding hydrogens is 466 g/mol. The van der Waals surface area contributed by atoms with E-state index in [0.717, 1.165) is 16.7 Å². The van der Waals surface area contributed by atoms with Crippen molar-refractivity contribution in [3.63, 3.8) is 0 Å². The van der Waals surface area contributed by atoms with Gasteiger partial charge in [0, 0.05) is 30.2 Å². The third-order valence-electron chi connectivity index (χ3n) is 6.02. The summed E-state index contributed by atoms with van der Waals surface area (Å²) in [7, 11) is 0. The van der Waals surface area contributed by atoms with E-state index in [9.17, 15) is 9.90 Å². The van der Waals surface area contributed by atoms with Gasteiger partial charge in [-0.05, 0) is 30.2 Å². The normalized spacial score (nSPS) is 11.7. The summed E-state index contributed by atoms with van der Waals surface area (Å²) in [6.45, 7) is 2.25. The molecule has 0 saturated heterocycles. The van der Waals surface area contributed by atoms with Gasteiger partial charge in [0.1, 0.15) is 5.82 Å². The van der Waals surface area contributed by atoms with E-state index in [-0.39, 0.29) is 12.5 Å². The molecule has 5 rings (SSSR count). The zero-order chi connectivity index (χ0) is 25.6. The number of hydrogen-bond donors (Lipinski definition) is 2. The van der Waals surface area contributed by atoms with E-state index in [1.165, 1.54) is 0 Å². The smallest absolute Gasteiger partial charge is 0.253 e. The molecule has 1 amide bonds. The summed E-state index contributed by atoms with van der Waals surface area (Å²) in [5, 5.41) is 12.7. The molecule has 3 heterocycles. The molecule has 5 aromatic rings. The van der Waals surface area contributed by atoms with Gasteiger partial charge >= 0.3 is 0 Å². The van der Waals surface area contributed by atoms with Crippen LogP contribution >= 0.6 is 0 Å². The second kappa shape index (κ2) is 10.9. The van der Waals surface area contributed by atoms with E-state index in [0.29, 0.717) is 29.8 Å². The molecule has 0 aliphatic rings. The van der Waals surface area contributed by atoms with Crippen LogP contribution in [0.2, 0.25) is 0 Å². The van der Waals surface area contributed by atoms with Crippen LogP contribution in [0.5, 0.6) is 0 Å².